The Labute approximate surface area is 261 Å². The van der Waals surface area contributed by atoms with E-state index in [1.54, 1.807) is 0 Å². The molecule has 24 heteroatoms. The van der Waals surface area contributed by atoms with E-state index in [9.17, 15) is 9.46 Å². The van der Waals surface area contributed by atoms with Gasteiger partial charge in [-0.25, -0.2) is 38.7 Å². The van der Waals surface area contributed by atoms with Crippen LogP contribution in [0.15, 0.2) is 25.3 Å². The Bertz CT molecular complexity index is 1890. The first kappa shape index (κ1) is 31.1. The van der Waals surface area contributed by atoms with E-state index in [1.807, 2.05) is 0 Å². The van der Waals surface area contributed by atoms with Crippen LogP contribution in [0.1, 0.15) is 19.4 Å². The minimum atomic E-state index is -4.58. The van der Waals surface area contributed by atoms with Crippen LogP contribution < -0.4 is 16.4 Å². The third-order valence-electron chi connectivity index (χ3n) is 7.53. The summed E-state index contributed by atoms with van der Waals surface area (Å²) in [5, 5.41) is 0. The molecule has 45 heavy (non-hydrogen) atoms. The van der Waals surface area contributed by atoms with Gasteiger partial charge < -0.3 is 56.2 Å². The molecule has 0 aromatic carbocycles. The molecular formula is C21H22F2N10O8P2S2-2. The van der Waals surface area contributed by atoms with E-state index in [2.05, 4.69) is 29.9 Å². The number of imidazole rings is 2. The highest BCUT2D eigenvalue weighted by molar-refractivity contribution is 8.32. The molecule has 3 aliphatic heterocycles. The third-order valence-corrected chi connectivity index (χ3v) is 10.6. The summed E-state index contributed by atoms with van der Waals surface area (Å²) >= 11 is 10.2. The van der Waals surface area contributed by atoms with Crippen LogP contribution in [-0.4, -0.2) is 88.5 Å². The summed E-state index contributed by atoms with van der Waals surface area (Å²) in [6.07, 6.45) is -6.57. The second-order valence-electron chi connectivity index (χ2n) is 10.4. The Hall–Kier alpha value is -2.49. The van der Waals surface area contributed by atoms with Crippen LogP contribution in [0.5, 0.6) is 0 Å². The molecule has 10 atom stereocenters. The van der Waals surface area contributed by atoms with Crippen molar-refractivity contribution in [2.75, 3.05) is 24.7 Å². The lowest BCUT2D eigenvalue weighted by Crippen LogP contribution is -2.43. The molecule has 4 aromatic heterocycles. The number of rotatable bonds is 2. The normalized spacial score (nSPS) is 39.4. The van der Waals surface area contributed by atoms with Crippen LogP contribution in [0.2, 0.25) is 0 Å². The average Bonchev–Trinajstić information content (AvgIpc) is 3.72. The highest BCUT2D eigenvalue weighted by atomic mass is 32.7. The van der Waals surface area contributed by atoms with Gasteiger partial charge in [0.25, 0.3) is 0 Å². The van der Waals surface area contributed by atoms with Gasteiger partial charge in [-0.15, -0.1) is 0 Å². The van der Waals surface area contributed by atoms with Gasteiger partial charge in [-0.05, 0) is 6.92 Å². The largest absolute Gasteiger partial charge is 0.780 e. The number of fused-ring (bicyclic) bond motifs is 5. The lowest BCUT2D eigenvalue weighted by molar-refractivity contribution is -0.218. The van der Waals surface area contributed by atoms with Crippen molar-refractivity contribution in [1.29, 1.82) is 0 Å². The zero-order valence-electron chi connectivity index (χ0n) is 22.7. The molecule has 2 unspecified atom stereocenters. The maximum Gasteiger partial charge on any atom is 0.200 e. The predicted molar refractivity (Wildman–Crippen MR) is 153 cm³/mol. The van der Waals surface area contributed by atoms with Gasteiger partial charge in [-0.3, -0.25) is 13.7 Å². The number of anilines is 2. The summed E-state index contributed by atoms with van der Waals surface area (Å²) in [6, 6.07) is 0. The van der Waals surface area contributed by atoms with E-state index in [0.29, 0.717) is 0 Å². The quantitative estimate of drug-likeness (QED) is 0.216. The molecule has 242 valence electrons. The SMILES string of the molecule is C[C@@]1(F)[C@@H]2OP([O-])(=S)OC[C@H]3O[C@@H](n4cnc5c(N)ncnc54)[C@H](OP(=O)([S-])OC[C@H]2O[C@H]1n1cnc2c(N)ncnc21)[C@@H]3F. The lowest BCUT2D eigenvalue weighted by atomic mass is 9.98. The fraction of sp³-hybridized carbons (Fsp3) is 0.524. The van der Waals surface area contributed by atoms with Gasteiger partial charge in [-0.1, -0.05) is 11.8 Å². The Morgan fingerprint density at radius 3 is 2.24 bits per heavy atom. The van der Waals surface area contributed by atoms with Gasteiger partial charge in [0, 0.05) is 0 Å². The van der Waals surface area contributed by atoms with Gasteiger partial charge in [0.05, 0.1) is 25.9 Å². The second-order valence-corrected chi connectivity index (χ2v) is 15.8. The average molecular weight is 707 g/mol. The van der Waals surface area contributed by atoms with E-state index >= 15 is 8.78 Å². The zero-order chi connectivity index (χ0) is 31.9. The molecule has 7 heterocycles. The predicted octanol–water partition coefficient (Wildman–Crippen LogP) is 0.749. The standard InChI is InChI=1S/C21H24F2N10O8P2S2/c1-21(23)14-9(39-20(21)33-7-31-12-16(25)27-5-29-18(12)33)3-37-42(34,44)40-13-10(22)8(2-36-43(35,45)41-14)38-19(13)32-6-30-11-15(24)26-4-28-17(11)32/h4-10,13-14,19-20H,2-3H2,1H3,(H,34,44)(H,35,45)(H2,24,26,28)(H2,25,27,29)/p-2/t8-,9-,10-,13-,14-,19-,20-,21-,42?,43?/m1/s1. The molecule has 7 rings (SSSR count). The third kappa shape index (κ3) is 5.40. The van der Waals surface area contributed by atoms with Crippen molar-refractivity contribution in [3.8, 4) is 0 Å². The first-order valence-corrected chi connectivity index (χ1v) is 18.1. The molecule has 3 saturated heterocycles. The summed E-state index contributed by atoms with van der Waals surface area (Å²) in [5.41, 5.74) is 9.83. The molecule has 0 aliphatic carbocycles. The molecule has 18 nitrogen and oxygen atoms in total. The second kappa shape index (κ2) is 11.1. The fourth-order valence-corrected chi connectivity index (χ4v) is 8.31. The molecule has 0 amide bonds. The first-order chi connectivity index (χ1) is 21.3. The van der Waals surface area contributed by atoms with E-state index in [0.717, 1.165) is 19.6 Å². The van der Waals surface area contributed by atoms with E-state index in [-0.39, 0.29) is 34.0 Å². The summed E-state index contributed by atoms with van der Waals surface area (Å²) in [4.78, 5) is 37.6. The maximum absolute atomic E-state index is 16.6. The molecule has 4 aromatic rings. The monoisotopic (exact) mass is 706 g/mol. The molecule has 4 N–H and O–H groups in total. The van der Waals surface area contributed by atoms with Crippen molar-refractivity contribution in [1.82, 2.24) is 39.0 Å². The van der Waals surface area contributed by atoms with Gasteiger partial charge >= 0.3 is 0 Å². The zero-order valence-corrected chi connectivity index (χ0v) is 26.2. The van der Waals surface area contributed by atoms with Crippen molar-refractivity contribution < 1.29 is 45.8 Å². The van der Waals surface area contributed by atoms with Crippen molar-refractivity contribution in [3.05, 3.63) is 25.3 Å². The molecular weight excluding hydrogens is 684 g/mol. The van der Waals surface area contributed by atoms with Gasteiger partial charge in [0.2, 0.25) is 6.80 Å². The number of halogens is 2. The summed E-state index contributed by atoms with van der Waals surface area (Å²) < 4.78 is 82.0. The van der Waals surface area contributed by atoms with Crippen molar-refractivity contribution in [3.63, 3.8) is 0 Å². The molecule has 3 fully saturated rings. The van der Waals surface area contributed by atoms with Crippen molar-refractivity contribution in [2.24, 2.45) is 0 Å². The van der Waals surface area contributed by atoms with Crippen LogP contribution in [0.4, 0.5) is 20.4 Å². The number of nitrogen functional groups attached to an aromatic ring is 2. The summed E-state index contributed by atoms with van der Waals surface area (Å²) in [6.45, 7) is -9.52. The van der Waals surface area contributed by atoms with Crippen LogP contribution in [0, 0.1) is 0 Å². The molecule has 2 bridgehead atoms. The van der Waals surface area contributed by atoms with Gasteiger partial charge in [0.15, 0.2) is 47.2 Å². The topological polar surface area (TPSA) is 235 Å². The highest BCUT2D eigenvalue weighted by Crippen LogP contribution is 2.56. The first-order valence-electron chi connectivity index (χ1n) is 13.0. The number of hydrogen-bond donors (Lipinski definition) is 2. The fourth-order valence-electron chi connectivity index (χ4n) is 5.45. The van der Waals surface area contributed by atoms with Crippen LogP contribution >= 0.6 is 13.5 Å². The number of nitrogens with zero attached hydrogens (tertiary/aromatic N) is 8. The molecule has 3 aliphatic rings. The maximum atomic E-state index is 16.6. The lowest BCUT2D eigenvalue weighted by Gasteiger charge is -2.36. The minimum absolute atomic E-state index is 0.0352. The Morgan fingerprint density at radius 2 is 1.58 bits per heavy atom. The van der Waals surface area contributed by atoms with Crippen molar-refractivity contribution in [2.45, 2.75) is 55.6 Å². The van der Waals surface area contributed by atoms with Crippen LogP contribution in [0.3, 0.4) is 0 Å². The van der Waals surface area contributed by atoms with E-state index in [4.69, 9.17) is 63.1 Å². The Morgan fingerprint density at radius 1 is 0.978 bits per heavy atom. The Balaban J connectivity index is 1.22. The number of alkyl halides is 2. The number of nitrogens with two attached hydrogens (primary N) is 2. The van der Waals surface area contributed by atoms with E-state index < -0.39 is 75.4 Å². The summed E-state index contributed by atoms with van der Waals surface area (Å²) in [5.74, 6) is 0.0754. The molecule has 0 radical (unpaired) electrons. The van der Waals surface area contributed by atoms with Crippen LogP contribution in [-0.2, 0) is 56.2 Å². The molecule has 0 saturated carbocycles. The van der Waals surface area contributed by atoms with Crippen molar-refractivity contribution >= 4 is 71.5 Å². The van der Waals surface area contributed by atoms with Gasteiger partial charge in [-0.2, -0.15) is 0 Å². The number of aromatic nitrogens is 8. The smallest absolute Gasteiger partial charge is 0.200 e. The Kier molecular flexibility index (Phi) is 7.64. The number of ether oxygens (including phenoxy) is 2. The van der Waals surface area contributed by atoms with Crippen LogP contribution in [0.25, 0.3) is 22.3 Å². The molecule has 0 spiro atoms. The van der Waals surface area contributed by atoms with Gasteiger partial charge in [0.1, 0.15) is 54.8 Å². The summed E-state index contributed by atoms with van der Waals surface area (Å²) in [7, 11) is 0. The number of hydrogen-bond acceptors (Lipinski definition) is 18. The highest BCUT2D eigenvalue weighted by Gasteiger charge is 2.58. The minimum Gasteiger partial charge on any atom is -0.780 e. The van der Waals surface area contributed by atoms with E-state index in [1.165, 1.54) is 21.8 Å².